The molecule has 0 saturated carbocycles. The van der Waals surface area contributed by atoms with E-state index in [-0.39, 0.29) is 0 Å². The Labute approximate surface area is 87.8 Å². The number of aliphatic imine (C=N–C) groups is 1. The molecular weight excluding hydrogens is 174 g/mol. The van der Waals surface area contributed by atoms with E-state index >= 15 is 0 Å². The fraction of sp³-hybridized carbons (Fsp3) is 0.917. The monoisotopic (exact) mass is 197 g/mol. The molecule has 0 fully saturated rings. The molecule has 0 aromatic heterocycles. The lowest BCUT2D eigenvalue weighted by molar-refractivity contribution is 0.294. The van der Waals surface area contributed by atoms with Crippen LogP contribution in [0, 0.1) is 5.92 Å². The van der Waals surface area contributed by atoms with Gasteiger partial charge in [-0.1, -0.05) is 33.6 Å². The average molecular weight is 197 g/mol. The summed E-state index contributed by atoms with van der Waals surface area (Å²) in [5, 5.41) is 0. The topological polar surface area (TPSA) is 21.6 Å². The summed E-state index contributed by atoms with van der Waals surface area (Å²) in [6.45, 7) is 7.52. The molecule has 2 nitrogen and oxygen atoms in total. The minimum atomic E-state index is 0.437. The minimum Gasteiger partial charge on any atom is -0.479 e. The van der Waals surface area contributed by atoms with E-state index in [2.05, 4.69) is 25.8 Å². The first kappa shape index (κ1) is 11.5. The first-order valence-electron chi connectivity index (χ1n) is 5.91. The van der Waals surface area contributed by atoms with Gasteiger partial charge in [-0.25, -0.2) is 4.99 Å². The van der Waals surface area contributed by atoms with Crippen LogP contribution in [0.1, 0.15) is 52.9 Å². The highest BCUT2D eigenvalue weighted by Gasteiger charge is 2.18. The quantitative estimate of drug-likeness (QED) is 0.598. The number of ether oxygens (including phenoxy) is 1. The SMILES string of the molecule is CCCCCC1=NC(CC(C)C)CO1. The van der Waals surface area contributed by atoms with Crippen LogP contribution in [0.3, 0.4) is 0 Å². The van der Waals surface area contributed by atoms with Crippen LogP contribution in [0.4, 0.5) is 0 Å². The van der Waals surface area contributed by atoms with Crippen LogP contribution < -0.4 is 0 Å². The summed E-state index contributed by atoms with van der Waals surface area (Å²) in [7, 11) is 0. The van der Waals surface area contributed by atoms with Crippen molar-refractivity contribution in [2.24, 2.45) is 10.9 Å². The molecule has 0 radical (unpaired) electrons. The van der Waals surface area contributed by atoms with Crippen LogP contribution in [-0.4, -0.2) is 18.5 Å². The third-order valence-electron chi connectivity index (χ3n) is 2.51. The van der Waals surface area contributed by atoms with Crippen LogP contribution in [0.5, 0.6) is 0 Å². The molecule has 1 unspecified atom stereocenters. The van der Waals surface area contributed by atoms with Crippen molar-refractivity contribution in [2.45, 2.75) is 58.9 Å². The van der Waals surface area contributed by atoms with Gasteiger partial charge in [0.2, 0.25) is 0 Å². The van der Waals surface area contributed by atoms with E-state index in [0.717, 1.165) is 31.3 Å². The Morgan fingerprint density at radius 3 is 2.86 bits per heavy atom. The molecule has 0 aliphatic carbocycles. The van der Waals surface area contributed by atoms with E-state index in [1.807, 2.05) is 0 Å². The zero-order valence-electron chi connectivity index (χ0n) is 9.75. The second-order valence-electron chi connectivity index (χ2n) is 4.57. The Kier molecular flexibility index (Phi) is 4.99. The summed E-state index contributed by atoms with van der Waals surface area (Å²) < 4.78 is 5.56. The summed E-state index contributed by atoms with van der Waals surface area (Å²) in [6.07, 6.45) is 5.99. The maximum Gasteiger partial charge on any atom is 0.183 e. The number of nitrogens with zero attached hydrogens (tertiary/aromatic N) is 1. The van der Waals surface area contributed by atoms with Crippen molar-refractivity contribution in [3.63, 3.8) is 0 Å². The summed E-state index contributed by atoms with van der Waals surface area (Å²) in [5.74, 6) is 1.73. The molecule has 1 aliphatic heterocycles. The van der Waals surface area contributed by atoms with Crippen molar-refractivity contribution in [3.05, 3.63) is 0 Å². The Morgan fingerprint density at radius 2 is 2.21 bits per heavy atom. The number of hydrogen-bond acceptors (Lipinski definition) is 2. The van der Waals surface area contributed by atoms with E-state index in [4.69, 9.17) is 4.74 Å². The van der Waals surface area contributed by atoms with Crippen LogP contribution in [0.2, 0.25) is 0 Å². The van der Waals surface area contributed by atoms with Crippen LogP contribution in [-0.2, 0) is 4.74 Å². The molecule has 2 heteroatoms. The van der Waals surface area contributed by atoms with Gasteiger partial charge in [0.05, 0.1) is 6.04 Å². The molecule has 82 valence electrons. The second kappa shape index (κ2) is 6.05. The first-order chi connectivity index (χ1) is 6.72. The third-order valence-corrected chi connectivity index (χ3v) is 2.51. The molecular formula is C12H23NO. The van der Waals surface area contributed by atoms with Gasteiger partial charge in [0, 0.05) is 6.42 Å². The largest absolute Gasteiger partial charge is 0.479 e. The molecule has 14 heavy (non-hydrogen) atoms. The highest BCUT2D eigenvalue weighted by molar-refractivity contribution is 5.77. The van der Waals surface area contributed by atoms with Gasteiger partial charge < -0.3 is 4.74 Å². The Bertz CT molecular complexity index is 187. The van der Waals surface area contributed by atoms with Crippen molar-refractivity contribution in [1.29, 1.82) is 0 Å². The molecule has 0 amide bonds. The molecule has 1 atom stereocenters. The van der Waals surface area contributed by atoms with Crippen molar-refractivity contribution in [3.8, 4) is 0 Å². The standard InChI is InChI=1S/C12H23NO/c1-4-5-6-7-12-13-11(9-14-12)8-10(2)3/h10-11H,4-9H2,1-3H3. The second-order valence-corrected chi connectivity index (χ2v) is 4.57. The molecule has 0 aromatic rings. The van der Waals surface area contributed by atoms with Gasteiger partial charge in [-0.3, -0.25) is 0 Å². The Balaban J connectivity index is 2.20. The molecule has 1 heterocycles. The lowest BCUT2D eigenvalue weighted by Gasteiger charge is -2.06. The highest BCUT2D eigenvalue weighted by Crippen LogP contribution is 2.16. The van der Waals surface area contributed by atoms with Crippen LogP contribution >= 0.6 is 0 Å². The molecule has 0 bridgehead atoms. The first-order valence-corrected chi connectivity index (χ1v) is 5.91. The van der Waals surface area contributed by atoms with Gasteiger partial charge in [-0.2, -0.15) is 0 Å². The fourth-order valence-electron chi connectivity index (χ4n) is 1.80. The third kappa shape index (κ3) is 4.12. The van der Waals surface area contributed by atoms with E-state index in [9.17, 15) is 0 Å². The maximum absolute atomic E-state index is 5.56. The summed E-state index contributed by atoms with van der Waals surface area (Å²) in [6, 6.07) is 0.437. The molecule has 1 aliphatic rings. The summed E-state index contributed by atoms with van der Waals surface area (Å²) in [5.41, 5.74) is 0. The smallest absolute Gasteiger partial charge is 0.183 e. The van der Waals surface area contributed by atoms with Gasteiger partial charge in [0.15, 0.2) is 5.90 Å². The van der Waals surface area contributed by atoms with Gasteiger partial charge in [-0.15, -0.1) is 0 Å². The fourth-order valence-corrected chi connectivity index (χ4v) is 1.80. The van der Waals surface area contributed by atoms with Gasteiger partial charge in [0.1, 0.15) is 6.61 Å². The van der Waals surface area contributed by atoms with E-state index in [1.54, 1.807) is 0 Å². The lowest BCUT2D eigenvalue weighted by Crippen LogP contribution is -2.09. The minimum absolute atomic E-state index is 0.437. The van der Waals surface area contributed by atoms with Crippen molar-refractivity contribution in [2.75, 3.05) is 6.61 Å². The number of unbranched alkanes of at least 4 members (excludes halogenated alkanes) is 2. The Morgan fingerprint density at radius 1 is 1.43 bits per heavy atom. The normalized spacial score (nSPS) is 21.1. The molecule has 0 saturated heterocycles. The van der Waals surface area contributed by atoms with E-state index in [1.165, 1.54) is 19.3 Å². The zero-order chi connectivity index (χ0) is 10.4. The lowest BCUT2D eigenvalue weighted by atomic mass is 10.1. The summed E-state index contributed by atoms with van der Waals surface area (Å²) >= 11 is 0. The zero-order valence-corrected chi connectivity index (χ0v) is 9.75. The molecule has 0 N–H and O–H groups in total. The molecule has 0 aromatic carbocycles. The molecule has 1 rings (SSSR count). The van der Waals surface area contributed by atoms with Gasteiger partial charge >= 0.3 is 0 Å². The van der Waals surface area contributed by atoms with Crippen molar-refractivity contribution < 1.29 is 4.74 Å². The van der Waals surface area contributed by atoms with Gasteiger partial charge in [-0.05, 0) is 18.8 Å². The Hall–Kier alpha value is -0.530. The molecule has 0 spiro atoms. The average Bonchev–Trinajstić information content (AvgIpc) is 2.52. The number of hydrogen-bond donors (Lipinski definition) is 0. The van der Waals surface area contributed by atoms with E-state index in [0.29, 0.717) is 6.04 Å². The predicted octanol–water partition coefficient (Wildman–Crippen LogP) is 3.41. The number of rotatable bonds is 6. The maximum atomic E-state index is 5.56. The van der Waals surface area contributed by atoms with Crippen molar-refractivity contribution >= 4 is 5.90 Å². The van der Waals surface area contributed by atoms with E-state index < -0.39 is 0 Å². The summed E-state index contributed by atoms with van der Waals surface area (Å²) in [4.78, 5) is 4.59. The van der Waals surface area contributed by atoms with Crippen LogP contribution in [0.15, 0.2) is 4.99 Å². The highest BCUT2D eigenvalue weighted by atomic mass is 16.5. The van der Waals surface area contributed by atoms with Gasteiger partial charge in [0.25, 0.3) is 0 Å². The van der Waals surface area contributed by atoms with Crippen LogP contribution in [0.25, 0.3) is 0 Å². The van der Waals surface area contributed by atoms with Crippen molar-refractivity contribution in [1.82, 2.24) is 0 Å². The predicted molar refractivity (Wildman–Crippen MR) is 60.8 cm³/mol.